The normalized spacial score (nSPS) is 18.2. The highest BCUT2D eigenvalue weighted by Crippen LogP contribution is 2.21. The van der Waals surface area contributed by atoms with Crippen molar-refractivity contribution in [1.82, 2.24) is 19.5 Å². The molecule has 1 saturated heterocycles. The molecule has 0 bridgehead atoms. The van der Waals surface area contributed by atoms with E-state index in [2.05, 4.69) is 22.0 Å². The Morgan fingerprint density at radius 1 is 1.26 bits per heavy atom. The largest absolute Gasteiger partial charge is 0.304 e. The van der Waals surface area contributed by atoms with Crippen molar-refractivity contribution in [2.45, 2.75) is 26.2 Å². The highest BCUT2D eigenvalue weighted by molar-refractivity contribution is 6.30. The van der Waals surface area contributed by atoms with Crippen molar-refractivity contribution in [2.24, 2.45) is 5.92 Å². The Morgan fingerprint density at radius 3 is 2.79 bits per heavy atom. The third kappa shape index (κ3) is 2.74. The molecule has 0 radical (unpaired) electrons. The molecule has 0 unspecified atom stereocenters. The second-order valence-corrected chi connectivity index (χ2v) is 5.71. The summed E-state index contributed by atoms with van der Waals surface area (Å²) in [5.74, 6) is 1.75. The molecule has 3 heterocycles. The van der Waals surface area contributed by atoms with E-state index in [9.17, 15) is 0 Å². The first kappa shape index (κ1) is 12.9. The minimum absolute atomic E-state index is 0.717. The van der Waals surface area contributed by atoms with Crippen LogP contribution < -0.4 is 0 Å². The lowest BCUT2D eigenvalue weighted by Gasteiger charge is -2.30. The molecule has 1 aliphatic rings. The van der Waals surface area contributed by atoms with E-state index in [-0.39, 0.29) is 0 Å². The van der Waals surface area contributed by atoms with Crippen LogP contribution >= 0.6 is 11.6 Å². The number of hydrogen-bond acceptors (Lipinski definition) is 3. The lowest BCUT2D eigenvalue weighted by molar-refractivity contribution is 0.190. The quantitative estimate of drug-likeness (QED) is 0.865. The average Bonchev–Trinajstić information content (AvgIpc) is 2.82. The molecule has 0 aliphatic carbocycles. The summed E-state index contributed by atoms with van der Waals surface area (Å²) in [5.41, 5.74) is 0.880. The number of nitrogens with zero attached hydrogens (tertiary/aromatic N) is 4. The highest BCUT2D eigenvalue weighted by atomic mass is 35.5. The van der Waals surface area contributed by atoms with Gasteiger partial charge in [-0.15, -0.1) is 10.2 Å². The van der Waals surface area contributed by atoms with Gasteiger partial charge in [0, 0.05) is 12.6 Å². The summed E-state index contributed by atoms with van der Waals surface area (Å²) in [6.07, 6.45) is 5.42. The molecule has 19 heavy (non-hydrogen) atoms. The lowest BCUT2D eigenvalue weighted by Crippen LogP contribution is -2.34. The topological polar surface area (TPSA) is 33.4 Å². The Kier molecular flexibility index (Phi) is 3.71. The molecule has 0 spiro atoms. The zero-order chi connectivity index (χ0) is 13.2. The first-order valence-electron chi connectivity index (χ1n) is 6.98. The number of likely N-dealkylation sites (tertiary alicyclic amines) is 1. The molecule has 2 aromatic heterocycles. The second-order valence-electron chi connectivity index (χ2n) is 5.27. The first-order valence-corrected chi connectivity index (χ1v) is 7.35. The van der Waals surface area contributed by atoms with Crippen LogP contribution in [0.2, 0.25) is 5.02 Å². The SMILES string of the molecule is CCN1CCC(Cc2nnc3ccc(Cl)cn23)CC1. The van der Waals surface area contributed by atoms with Crippen molar-refractivity contribution in [3.8, 4) is 0 Å². The number of fused-ring (bicyclic) bond motifs is 1. The summed E-state index contributed by atoms with van der Waals surface area (Å²) in [6.45, 7) is 5.81. The molecular weight excluding hydrogens is 260 g/mol. The molecule has 1 fully saturated rings. The van der Waals surface area contributed by atoms with Gasteiger partial charge in [-0.1, -0.05) is 18.5 Å². The maximum atomic E-state index is 6.05. The molecule has 0 atom stereocenters. The third-order valence-corrected chi connectivity index (χ3v) is 4.29. The van der Waals surface area contributed by atoms with Gasteiger partial charge in [0.05, 0.1) is 5.02 Å². The number of aromatic nitrogens is 3. The van der Waals surface area contributed by atoms with Crippen molar-refractivity contribution in [3.63, 3.8) is 0 Å². The van der Waals surface area contributed by atoms with E-state index >= 15 is 0 Å². The minimum Gasteiger partial charge on any atom is -0.304 e. The van der Waals surface area contributed by atoms with Gasteiger partial charge in [0.2, 0.25) is 0 Å². The predicted octanol–water partition coefficient (Wildman–Crippen LogP) is 2.66. The zero-order valence-corrected chi connectivity index (χ0v) is 12.0. The van der Waals surface area contributed by atoms with Crippen LogP contribution in [0.3, 0.4) is 0 Å². The molecule has 3 rings (SSSR count). The molecule has 5 heteroatoms. The van der Waals surface area contributed by atoms with Gasteiger partial charge in [0.1, 0.15) is 5.82 Å². The highest BCUT2D eigenvalue weighted by Gasteiger charge is 2.20. The van der Waals surface area contributed by atoms with E-state index < -0.39 is 0 Å². The van der Waals surface area contributed by atoms with Crippen LogP contribution in [0.25, 0.3) is 5.65 Å². The Balaban J connectivity index is 1.73. The maximum Gasteiger partial charge on any atom is 0.160 e. The number of hydrogen-bond donors (Lipinski definition) is 0. The molecule has 0 saturated carbocycles. The number of rotatable bonds is 3. The molecule has 0 aromatic carbocycles. The van der Waals surface area contributed by atoms with Crippen LogP contribution in [0.1, 0.15) is 25.6 Å². The molecule has 1 aliphatic heterocycles. The summed E-state index contributed by atoms with van der Waals surface area (Å²) in [6, 6.07) is 3.77. The van der Waals surface area contributed by atoms with Gasteiger partial charge in [-0.05, 0) is 50.5 Å². The van der Waals surface area contributed by atoms with Gasteiger partial charge in [-0.25, -0.2) is 0 Å². The van der Waals surface area contributed by atoms with Gasteiger partial charge in [0.15, 0.2) is 5.65 Å². The summed E-state index contributed by atoms with van der Waals surface area (Å²) >= 11 is 6.05. The lowest BCUT2D eigenvalue weighted by atomic mass is 9.93. The van der Waals surface area contributed by atoms with E-state index in [1.807, 2.05) is 22.7 Å². The van der Waals surface area contributed by atoms with Crippen molar-refractivity contribution in [1.29, 1.82) is 0 Å². The Bertz CT molecular complexity index is 558. The molecule has 0 amide bonds. The molecular formula is C14H19ClN4. The van der Waals surface area contributed by atoms with Crippen molar-refractivity contribution >= 4 is 17.2 Å². The minimum atomic E-state index is 0.717. The van der Waals surface area contributed by atoms with Crippen LogP contribution in [-0.2, 0) is 6.42 Å². The fourth-order valence-electron chi connectivity index (χ4n) is 2.82. The summed E-state index contributed by atoms with van der Waals surface area (Å²) < 4.78 is 2.02. The number of halogens is 1. The standard InChI is InChI=1S/C14H19ClN4/c1-2-18-7-5-11(6-8-18)9-14-17-16-13-4-3-12(15)10-19(13)14/h3-4,10-11H,2,5-9H2,1H3. The smallest absolute Gasteiger partial charge is 0.160 e. The fraction of sp³-hybridized carbons (Fsp3) is 0.571. The van der Waals surface area contributed by atoms with Crippen molar-refractivity contribution in [3.05, 3.63) is 29.2 Å². The monoisotopic (exact) mass is 278 g/mol. The van der Waals surface area contributed by atoms with Crippen LogP contribution in [0.15, 0.2) is 18.3 Å². The van der Waals surface area contributed by atoms with Crippen molar-refractivity contribution < 1.29 is 0 Å². The second kappa shape index (κ2) is 5.47. The Morgan fingerprint density at radius 2 is 2.05 bits per heavy atom. The van der Waals surface area contributed by atoms with E-state index in [0.717, 1.165) is 29.5 Å². The Hall–Kier alpha value is -1.13. The fourth-order valence-corrected chi connectivity index (χ4v) is 2.98. The van der Waals surface area contributed by atoms with Crippen LogP contribution in [-0.4, -0.2) is 39.1 Å². The summed E-state index contributed by atoms with van der Waals surface area (Å²) in [7, 11) is 0. The summed E-state index contributed by atoms with van der Waals surface area (Å²) in [4.78, 5) is 2.51. The molecule has 2 aromatic rings. The van der Waals surface area contributed by atoms with Gasteiger partial charge < -0.3 is 4.90 Å². The van der Waals surface area contributed by atoms with Crippen LogP contribution in [0.5, 0.6) is 0 Å². The van der Waals surface area contributed by atoms with E-state index in [1.54, 1.807) is 0 Å². The van der Waals surface area contributed by atoms with Gasteiger partial charge >= 0.3 is 0 Å². The van der Waals surface area contributed by atoms with Gasteiger partial charge in [-0.2, -0.15) is 0 Å². The average molecular weight is 279 g/mol. The molecule has 0 N–H and O–H groups in total. The van der Waals surface area contributed by atoms with Crippen LogP contribution in [0.4, 0.5) is 0 Å². The first-order chi connectivity index (χ1) is 9.26. The van der Waals surface area contributed by atoms with Crippen molar-refractivity contribution in [2.75, 3.05) is 19.6 Å². The van der Waals surface area contributed by atoms with Gasteiger partial charge in [0.25, 0.3) is 0 Å². The summed E-state index contributed by atoms with van der Waals surface area (Å²) in [5, 5.41) is 9.24. The zero-order valence-electron chi connectivity index (χ0n) is 11.2. The van der Waals surface area contributed by atoms with Gasteiger partial charge in [-0.3, -0.25) is 4.40 Å². The number of pyridine rings is 1. The number of piperidine rings is 1. The molecule has 4 nitrogen and oxygen atoms in total. The van der Waals surface area contributed by atoms with E-state index in [4.69, 9.17) is 11.6 Å². The third-order valence-electron chi connectivity index (χ3n) is 4.06. The predicted molar refractivity (Wildman–Crippen MR) is 76.5 cm³/mol. The molecule has 102 valence electrons. The van der Waals surface area contributed by atoms with E-state index in [0.29, 0.717) is 5.92 Å². The van der Waals surface area contributed by atoms with E-state index in [1.165, 1.54) is 25.9 Å². The van der Waals surface area contributed by atoms with Crippen LogP contribution in [0, 0.1) is 5.92 Å². The maximum absolute atomic E-state index is 6.05. The Labute approximate surface area is 118 Å².